The molecule has 0 radical (unpaired) electrons. The summed E-state index contributed by atoms with van der Waals surface area (Å²) in [5.74, 6) is 0.329. The highest BCUT2D eigenvalue weighted by molar-refractivity contribution is 7.92. The molecule has 0 spiro atoms. The summed E-state index contributed by atoms with van der Waals surface area (Å²) < 4.78 is 66.0. The van der Waals surface area contributed by atoms with Gasteiger partial charge in [-0.2, -0.15) is 13.2 Å². The molecule has 0 saturated carbocycles. The maximum atomic E-state index is 12.8. The van der Waals surface area contributed by atoms with Gasteiger partial charge >= 0.3 is 6.18 Å². The number of carbonyl (C=O) groups excluding carboxylic acids is 2. The van der Waals surface area contributed by atoms with E-state index in [0.29, 0.717) is 41.5 Å². The summed E-state index contributed by atoms with van der Waals surface area (Å²) in [5, 5.41) is 3.12. The molecule has 10 nitrogen and oxygen atoms in total. The lowest BCUT2D eigenvalue weighted by Gasteiger charge is -2.32. The van der Waals surface area contributed by atoms with Gasteiger partial charge in [-0.3, -0.25) is 9.52 Å². The van der Waals surface area contributed by atoms with Crippen LogP contribution in [0.2, 0.25) is 0 Å². The van der Waals surface area contributed by atoms with Crippen LogP contribution in [-0.2, 0) is 21.0 Å². The van der Waals surface area contributed by atoms with Gasteiger partial charge in [0, 0.05) is 54.9 Å². The third kappa shape index (κ3) is 10.3. The molecule has 2 heterocycles. The predicted octanol–water partition coefficient (Wildman–Crippen LogP) is 6.33. The number of nitrogens with one attached hydrogen (secondary N) is 2. The molecule has 1 aliphatic rings. The van der Waals surface area contributed by atoms with Gasteiger partial charge in [0.15, 0.2) is 0 Å². The van der Waals surface area contributed by atoms with Crippen LogP contribution in [0, 0.1) is 0 Å². The lowest BCUT2D eigenvalue weighted by molar-refractivity contribution is -0.137. The van der Waals surface area contributed by atoms with Gasteiger partial charge in [-0.1, -0.05) is 26.0 Å². The Bertz CT molecular complexity index is 1710. The Morgan fingerprint density at radius 2 is 1.40 bits per heavy atom. The molecule has 1 fully saturated rings. The number of rotatable bonds is 7. The van der Waals surface area contributed by atoms with Crippen LogP contribution in [0.25, 0.3) is 11.3 Å². The second-order valence-electron chi connectivity index (χ2n) is 10.0. The fraction of sp³-hybridized carbons (Fsp3) is 0.273. The molecule has 3 aromatic carbocycles. The summed E-state index contributed by atoms with van der Waals surface area (Å²) >= 11 is 0. The minimum absolute atomic E-state index is 0.00186. The second kappa shape index (κ2) is 16.7. The molecule has 14 heteroatoms. The van der Waals surface area contributed by atoms with E-state index < -0.39 is 21.8 Å². The summed E-state index contributed by atoms with van der Waals surface area (Å²) in [5.41, 5.74) is 1.87. The van der Waals surface area contributed by atoms with Crippen LogP contribution < -0.4 is 10.0 Å². The zero-order valence-corrected chi connectivity index (χ0v) is 27.3. The number of aromatic nitrogens is 2. The van der Waals surface area contributed by atoms with Crippen molar-refractivity contribution in [2.75, 3.05) is 43.3 Å². The van der Waals surface area contributed by atoms with Crippen molar-refractivity contribution >= 4 is 39.5 Å². The average Bonchev–Trinajstić information content (AvgIpc) is 3.06. The molecule has 47 heavy (non-hydrogen) atoms. The van der Waals surface area contributed by atoms with Crippen molar-refractivity contribution in [3.05, 3.63) is 96.2 Å². The van der Waals surface area contributed by atoms with Crippen molar-refractivity contribution in [2.45, 2.75) is 31.8 Å². The predicted molar refractivity (Wildman–Crippen MR) is 176 cm³/mol. The molecule has 0 unspecified atom stereocenters. The Balaban J connectivity index is 0.00000114. The number of halogens is 3. The Hall–Kier alpha value is -4.82. The first-order valence-corrected chi connectivity index (χ1v) is 16.3. The highest BCUT2D eigenvalue weighted by Gasteiger charge is 2.30. The largest absolute Gasteiger partial charge is 0.416 e. The Kier molecular flexibility index (Phi) is 13.0. The van der Waals surface area contributed by atoms with Gasteiger partial charge in [-0.15, -0.1) is 0 Å². The molecule has 1 amide bonds. The van der Waals surface area contributed by atoms with Crippen molar-refractivity contribution in [1.82, 2.24) is 19.8 Å². The molecule has 1 saturated heterocycles. The van der Waals surface area contributed by atoms with Crippen LogP contribution in [0.3, 0.4) is 0 Å². The first-order chi connectivity index (χ1) is 22.4. The van der Waals surface area contributed by atoms with E-state index in [-0.39, 0.29) is 16.5 Å². The van der Waals surface area contributed by atoms with Crippen molar-refractivity contribution in [3.63, 3.8) is 0 Å². The zero-order chi connectivity index (χ0) is 34.6. The molecule has 0 aliphatic carbocycles. The summed E-state index contributed by atoms with van der Waals surface area (Å²) in [6.45, 7) is 8.53. The average molecular weight is 671 g/mol. The molecule has 250 valence electrons. The first-order valence-electron chi connectivity index (χ1n) is 14.8. The van der Waals surface area contributed by atoms with Crippen LogP contribution in [0.1, 0.15) is 36.7 Å². The SMILES string of the molecule is CC.CC=O.CN1CCN(C(=O)c2ccc(Nc3nccc(-c4ccc(NS(=O)(=O)c5ccc(C(F)(F)F)cc5)cc4)n3)cc2)CC1. The lowest BCUT2D eigenvalue weighted by Crippen LogP contribution is -2.47. The highest BCUT2D eigenvalue weighted by atomic mass is 32.2. The van der Waals surface area contributed by atoms with Gasteiger partial charge in [-0.05, 0) is 80.7 Å². The first kappa shape index (κ1) is 36.6. The van der Waals surface area contributed by atoms with Gasteiger partial charge in [0.25, 0.3) is 15.9 Å². The molecule has 1 aromatic heterocycles. The van der Waals surface area contributed by atoms with Crippen LogP contribution in [-0.4, -0.2) is 73.6 Å². The number of anilines is 3. The van der Waals surface area contributed by atoms with E-state index in [2.05, 4.69) is 24.9 Å². The summed E-state index contributed by atoms with van der Waals surface area (Å²) in [7, 11) is -2.05. The van der Waals surface area contributed by atoms with Gasteiger partial charge in [-0.25, -0.2) is 18.4 Å². The summed E-state index contributed by atoms with van der Waals surface area (Å²) in [4.78, 5) is 34.1. The van der Waals surface area contributed by atoms with Gasteiger partial charge in [0.2, 0.25) is 5.95 Å². The van der Waals surface area contributed by atoms with Crippen molar-refractivity contribution in [3.8, 4) is 11.3 Å². The number of amides is 1. The van der Waals surface area contributed by atoms with Crippen LogP contribution in [0.15, 0.2) is 90.0 Å². The lowest BCUT2D eigenvalue weighted by atomic mass is 10.1. The smallest absolute Gasteiger partial charge is 0.336 e. The number of hydrogen-bond acceptors (Lipinski definition) is 8. The number of sulfonamides is 1. The minimum Gasteiger partial charge on any atom is -0.336 e. The standard InChI is InChI=1S/C29H27F3N6O3S.C2H4O.C2H6/c1-37-16-18-38(19-17-37)27(39)21-4-8-23(9-5-21)34-28-33-15-14-26(35-28)20-2-10-24(11-3-20)36-42(40,41)25-12-6-22(7-13-25)29(30,31)32;1-2-3;1-2/h2-15,36H,16-19H2,1H3,(H,33,34,35);2H,1H3;1-2H3. The molecule has 5 rings (SSSR count). The van der Waals surface area contributed by atoms with E-state index >= 15 is 0 Å². The molecular weight excluding hydrogens is 633 g/mol. The van der Waals surface area contributed by atoms with Crippen LogP contribution in [0.4, 0.5) is 30.5 Å². The Morgan fingerprint density at radius 3 is 1.96 bits per heavy atom. The van der Waals surface area contributed by atoms with Crippen LogP contribution >= 0.6 is 0 Å². The van der Waals surface area contributed by atoms with E-state index in [9.17, 15) is 26.4 Å². The minimum atomic E-state index is -4.56. The Labute approximate surface area is 272 Å². The van der Waals surface area contributed by atoms with E-state index in [4.69, 9.17) is 4.79 Å². The number of nitrogens with zero attached hydrogens (tertiary/aromatic N) is 4. The van der Waals surface area contributed by atoms with E-state index in [1.54, 1.807) is 48.7 Å². The molecule has 2 N–H and O–H groups in total. The number of carbonyl (C=O) groups is 2. The highest BCUT2D eigenvalue weighted by Crippen LogP contribution is 2.30. The van der Waals surface area contributed by atoms with Gasteiger partial charge in [0.05, 0.1) is 16.2 Å². The van der Waals surface area contributed by atoms with Crippen LogP contribution in [0.5, 0.6) is 0 Å². The van der Waals surface area contributed by atoms with E-state index in [1.165, 1.54) is 19.1 Å². The molecule has 1 aliphatic heterocycles. The number of aldehydes is 1. The van der Waals surface area contributed by atoms with Gasteiger partial charge < -0.3 is 19.9 Å². The number of hydrogen-bond donors (Lipinski definition) is 2. The van der Waals surface area contributed by atoms with Gasteiger partial charge in [0.1, 0.15) is 6.29 Å². The van der Waals surface area contributed by atoms with E-state index in [1.807, 2.05) is 25.8 Å². The van der Waals surface area contributed by atoms with Crippen molar-refractivity contribution in [1.29, 1.82) is 0 Å². The normalized spacial score (nSPS) is 13.3. The summed E-state index contributed by atoms with van der Waals surface area (Å²) in [6, 6.07) is 18.5. The fourth-order valence-corrected chi connectivity index (χ4v) is 5.40. The van der Waals surface area contributed by atoms with Crippen molar-refractivity contribution < 1.29 is 31.2 Å². The van der Waals surface area contributed by atoms with Crippen molar-refractivity contribution in [2.24, 2.45) is 0 Å². The second-order valence-corrected chi connectivity index (χ2v) is 11.7. The maximum Gasteiger partial charge on any atom is 0.416 e. The number of likely N-dealkylation sites (N-methyl/N-ethyl adjacent to an activating group) is 1. The Morgan fingerprint density at radius 1 is 0.851 bits per heavy atom. The quantitative estimate of drug-likeness (QED) is 0.219. The molecule has 0 atom stereocenters. The third-order valence-corrected chi connectivity index (χ3v) is 8.16. The topological polar surface area (TPSA) is 125 Å². The maximum absolute atomic E-state index is 12.8. The monoisotopic (exact) mass is 670 g/mol. The number of piperazine rings is 1. The fourth-order valence-electron chi connectivity index (χ4n) is 4.34. The summed E-state index contributed by atoms with van der Waals surface area (Å²) in [6.07, 6.45) is -2.23. The number of alkyl halides is 3. The zero-order valence-electron chi connectivity index (χ0n) is 26.5. The number of benzene rings is 3. The molecule has 4 aromatic rings. The van der Waals surface area contributed by atoms with E-state index in [0.717, 1.165) is 43.6 Å². The molecule has 0 bridgehead atoms. The molecular formula is C33H37F3N6O4S. The third-order valence-electron chi connectivity index (χ3n) is 6.76.